The van der Waals surface area contributed by atoms with Crippen molar-refractivity contribution in [2.45, 2.75) is 52.5 Å². The van der Waals surface area contributed by atoms with Gasteiger partial charge >= 0.3 is 0 Å². The number of ketones is 1. The summed E-state index contributed by atoms with van der Waals surface area (Å²) in [4.78, 5) is 16.4. The first-order valence-corrected chi connectivity index (χ1v) is 15.2. The molecule has 0 radical (unpaired) electrons. The quantitative estimate of drug-likeness (QED) is 0.259. The van der Waals surface area contributed by atoms with Crippen LogP contribution in [0.25, 0.3) is 0 Å². The zero-order valence-corrected chi connectivity index (χ0v) is 26.4. The van der Waals surface area contributed by atoms with Gasteiger partial charge in [0.15, 0.2) is 5.78 Å². The average Bonchev–Trinajstić information content (AvgIpc) is 3.01. The Morgan fingerprint density at radius 3 is 1.95 bits per heavy atom. The van der Waals surface area contributed by atoms with Crippen molar-refractivity contribution in [3.05, 3.63) is 95.1 Å². The number of aliphatic hydroxyl groups is 1. The number of rotatable bonds is 12. The molecule has 1 aliphatic rings. The number of hydrogen-bond acceptors (Lipinski definition) is 6. The third-order valence-corrected chi connectivity index (χ3v) is 8.13. The summed E-state index contributed by atoms with van der Waals surface area (Å²) in [6.07, 6.45) is 3.26. The molecular weight excluding hydrogens is 524 g/mol. The van der Waals surface area contributed by atoms with E-state index in [0.717, 1.165) is 45.6 Å². The van der Waals surface area contributed by atoms with Gasteiger partial charge < -0.3 is 24.4 Å². The molecule has 0 aromatic heterocycles. The Balaban J connectivity index is 0.000000274. The Bertz CT molecular complexity index is 1200. The highest BCUT2D eigenvalue weighted by Crippen LogP contribution is 2.29. The Morgan fingerprint density at radius 1 is 0.929 bits per heavy atom. The number of aliphatic hydroxyl groups excluding tert-OH is 1. The number of Topliss-reactive ketones (excluding diaryl/α,β-unsaturated/α-hetero) is 1. The van der Waals surface area contributed by atoms with Crippen molar-refractivity contribution in [1.82, 2.24) is 4.90 Å². The Hall–Kier alpha value is -3.19. The van der Waals surface area contributed by atoms with Crippen LogP contribution in [-0.2, 0) is 17.6 Å². The van der Waals surface area contributed by atoms with Crippen LogP contribution in [0.15, 0.2) is 72.8 Å². The number of carbonyl (C=O) groups excluding carboxylic acids is 1. The third kappa shape index (κ3) is 9.69. The van der Waals surface area contributed by atoms with Crippen LogP contribution in [0.2, 0.25) is 0 Å². The molecule has 0 amide bonds. The summed E-state index contributed by atoms with van der Waals surface area (Å²) in [5.41, 5.74) is 6.30. The summed E-state index contributed by atoms with van der Waals surface area (Å²) in [6, 6.07) is 25.2. The Labute approximate surface area is 253 Å². The van der Waals surface area contributed by atoms with Crippen molar-refractivity contribution in [3.8, 4) is 5.75 Å². The predicted octanol–water partition coefficient (Wildman–Crippen LogP) is 6.22. The molecule has 1 aliphatic heterocycles. The number of anilines is 1. The van der Waals surface area contributed by atoms with Gasteiger partial charge in [0.1, 0.15) is 12.4 Å². The van der Waals surface area contributed by atoms with E-state index >= 15 is 0 Å². The van der Waals surface area contributed by atoms with Crippen LogP contribution >= 0.6 is 0 Å². The molecule has 1 heterocycles. The monoisotopic (exact) mass is 574 g/mol. The first-order valence-electron chi connectivity index (χ1n) is 15.2. The van der Waals surface area contributed by atoms with Gasteiger partial charge in [-0.05, 0) is 87.8 Å². The van der Waals surface area contributed by atoms with Gasteiger partial charge in [-0.3, -0.25) is 4.79 Å². The van der Waals surface area contributed by atoms with Gasteiger partial charge in [-0.1, -0.05) is 62.7 Å². The Kier molecular flexibility index (Phi) is 13.0. The van der Waals surface area contributed by atoms with Crippen LogP contribution in [-0.4, -0.2) is 74.9 Å². The van der Waals surface area contributed by atoms with E-state index in [1.165, 1.54) is 22.4 Å². The third-order valence-electron chi connectivity index (χ3n) is 8.13. The van der Waals surface area contributed by atoms with Gasteiger partial charge in [-0.25, -0.2) is 0 Å². The SMILES string of the molecule is CC(C)C(=O)c1ccc(OCCO)cc1.CCC(Cc1ccc(C)cc1)(Cc1ccc(N2CCOCC2)cc1)N(C)C. The van der Waals surface area contributed by atoms with Crippen molar-refractivity contribution >= 4 is 11.5 Å². The van der Waals surface area contributed by atoms with Gasteiger partial charge in [-0.15, -0.1) is 0 Å². The molecule has 0 spiro atoms. The fraction of sp³-hybridized carbons (Fsp3) is 0.472. The van der Waals surface area contributed by atoms with E-state index in [0.29, 0.717) is 11.3 Å². The molecule has 1 atom stereocenters. The first-order chi connectivity index (χ1) is 20.2. The van der Waals surface area contributed by atoms with E-state index < -0.39 is 0 Å². The summed E-state index contributed by atoms with van der Waals surface area (Å²) in [6.45, 7) is 12.1. The minimum absolute atomic E-state index is 0.00727. The summed E-state index contributed by atoms with van der Waals surface area (Å²) in [7, 11) is 4.44. The lowest BCUT2D eigenvalue weighted by atomic mass is 9.81. The number of hydrogen-bond donors (Lipinski definition) is 1. The van der Waals surface area contributed by atoms with Gasteiger partial charge in [0.05, 0.1) is 19.8 Å². The number of likely N-dealkylation sites (N-methyl/N-ethyl adjacent to an activating group) is 1. The lowest BCUT2D eigenvalue weighted by Crippen LogP contribution is -2.47. The molecule has 6 heteroatoms. The average molecular weight is 575 g/mol. The molecular formula is C36H50N2O4. The van der Waals surface area contributed by atoms with Crippen molar-refractivity contribution in [2.24, 2.45) is 5.92 Å². The largest absolute Gasteiger partial charge is 0.491 e. The van der Waals surface area contributed by atoms with E-state index in [1.54, 1.807) is 24.3 Å². The van der Waals surface area contributed by atoms with Crippen LogP contribution in [0.3, 0.4) is 0 Å². The molecule has 1 unspecified atom stereocenters. The molecule has 3 aromatic rings. The van der Waals surface area contributed by atoms with Gasteiger partial charge in [-0.2, -0.15) is 0 Å². The van der Waals surface area contributed by atoms with E-state index in [1.807, 2.05) is 13.8 Å². The van der Waals surface area contributed by atoms with Crippen molar-refractivity contribution in [3.63, 3.8) is 0 Å². The maximum Gasteiger partial charge on any atom is 0.165 e. The summed E-state index contributed by atoms with van der Waals surface area (Å²) >= 11 is 0. The number of benzene rings is 3. The van der Waals surface area contributed by atoms with Crippen molar-refractivity contribution in [2.75, 3.05) is 58.5 Å². The van der Waals surface area contributed by atoms with Crippen LogP contribution in [0.4, 0.5) is 5.69 Å². The highest BCUT2D eigenvalue weighted by Gasteiger charge is 2.31. The smallest absolute Gasteiger partial charge is 0.165 e. The molecule has 3 aromatic carbocycles. The zero-order chi connectivity index (χ0) is 30.5. The molecule has 1 saturated heterocycles. The fourth-order valence-electron chi connectivity index (χ4n) is 5.27. The van der Waals surface area contributed by atoms with Crippen LogP contribution < -0.4 is 9.64 Å². The predicted molar refractivity (Wildman–Crippen MR) is 173 cm³/mol. The molecule has 228 valence electrons. The van der Waals surface area contributed by atoms with Crippen molar-refractivity contribution < 1.29 is 19.4 Å². The molecule has 6 nitrogen and oxygen atoms in total. The molecule has 42 heavy (non-hydrogen) atoms. The minimum Gasteiger partial charge on any atom is -0.491 e. The normalized spacial score (nSPS) is 14.7. The van der Waals surface area contributed by atoms with E-state index in [2.05, 4.69) is 86.3 Å². The second kappa shape index (κ2) is 16.4. The molecule has 4 rings (SSSR count). The van der Waals surface area contributed by atoms with E-state index in [-0.39, 0.29) is 30.5 Å². The zero-order valence-electron chi connectivity index (χ0n) is 26.4. The molecule has 1 fully saturated rings. The lowest BCUT2D eigenvalue weighted by molar-refractivity contribution is 0.0939. The molecule has 1 N–H and O–H groups in total. The van der Waals surface area contributed by atoms with Gasteiger partial charge in [0.2, 0.25) is 0 Å². The number of aryl methyl sites for hydroxylation is 1. The van der Waals surface area contributed by atoms with E-state index in [4.69, 9.17) is 14.6 Å². The second-order valence-corrected chi connectivity index (χ2v) is 11.7. The van der Waals surface area contributed by atoms with Crippen molar-refractivity contribution in [1.29, 1.82) is 0 Å². The molecule has 0 saturated carbocycles. The second-order valence-electron chi connectivity index (χ2n) is 11.7. The Morgan fingerprint density at radius 2 is 1.48 bits per heavy atom. The summed E-state index contributed by atoms with van der Waals surface area (Å²) in [5, 5.41) is 8.56. The maximum absolute atomic E-state index is 11.6. The standard InChI is InChI=1S/C24H34N2O.C12H16O3/c1-5-24(25(3)4,18-21-8-6-20(2)7-9-21)19-22-10-12-23(13-11-22)26-14-16-27-17-15-26;1-9(2)12(14)10-3-5-11(6-4-10)15-8-7-13/h6-13H,5,14-19H2,1-4H3;3-6,9,13H,7-8H2,1-2H3. The van der Waals surface area contributed by atoms with Crippen LogP contribution in [0.5, 0.6) is 5.75 Å². The van der Waals surface area contributed by atoms with Crippen LogP contribution in [0.1, 0.15) is 54.2 Å². The summed E-state index contributed by atoms with van der Waals surface area (Å²) in [5.74, 6) is 0.808. The topological polar surface area (TPSA) is 62.2 Å². The number of morpholine rings is 1. The fourth-order valence-corrected chi connectivity index (χ4v) is 5.27. The summed E-state index contributed by atoms with van der Waals surface area (Å²) < 4.78 is 10.7. The highest BCUT2D eigenvalue weighted by molar-refractivity contribution is 5.97. The van der Waals surface area contributed by atoms with Gasteiger partial charge in [0.25, 0.3) is 0 Å². The number of nitrogens with zero attached hydrogens (tertiary/aromatic N) is 2. The number of carbonyl (C=O) groups is 1. The maximum atomic E-state index is 11.6. The van der Waals surface area contributed by atoms with Crippen LogP contribution in [0, 0.1) is 12.8 Å². The minimum atomic E-state index is -0.00727. The lowest BCUT2D eigenvalue weighted by Gasteiger charge is -2.40. The molecule has 0 aliphatic carbocycles. The first kappa shape index (κ1) is 33.3. The van der Waals surface area contributed by atoms with E-state index in [9.17, 15) is 4.79 Å². The molecule has 0 bridgehead atoms. The highest BCUT2D eigenvalue weighted by atomic mass is 16.5. The number of ether oxygens (including phenoxy) is 2. The van der Waals surface area contributed by atoms with Gasteiger partial charge in [0, 0.05) is 35.8 Å².